The van der Waals surface area contributed by atoms with Gasteiger partial charge in [0.05, 0.1) is 0 Å². The van der Waals surface area contributed by atoms with Crippen molar-refractivity contribution >= 4 is 11.6 Å². The van der Waals surface area contributed by atoms with Crippen molar-refractivity contribution in [2.24, 2.45) is 5.73 Å². The highest BCUT2D eigenvalue weighted by Crippen LogP contribution is 2.17. The fourth-order valence-electron chi connectivity index (χ4n) is 1.65. The summed E-state index contributed by atoms with van der Waals surface area (Å²) in [7, 11) is 5.94. The molecule has 5 nitrogen and oxygen atoms in total. The quantitative estimate of drug-likeness (QED) is 0.847. The van der Waals surface area contributed by atoms with E-state index in [1.165, 1.54) is 0 Å². The van der Waals surface area contributed by atoms with Crippen LogP contribution in [-0.2, 0) is 0 Å². The number of hydrogen-bond acceptors (Lipinski definition) is 5. The molecule has 0 aromatic carbocycles. The Morgan fingerprint density at radius 2 is 1.71 bits per heavy atom. The Balaban J connectivity index is 2.97. The van der Waals surface area contributed by atoms with Crippen LogP contribution in [0.5, 0.6) is 0 Å². The second-order valence-corrected chi connectivity index (χ2v) is 5.37. The topological polar surface area (TPSA) is 58.3 Å². The first-order valence-electron chi connectivity index (χ1n) is 5.72. The minimum absolute atomic E-state index is 0.244. The second kappa shape index (κ2) is 4.87. The molecule has 96 valence electrons. The van der Waals surface area contributed by atoms with Gasteiger partial charge in [-0.3, -0.25) is 0 Å². The summed E-state index contributed by atoms with van der Waals surface area (Å²) in [6.45, 7) is 6.66. The molecule has 0 amide bonds. The van der Waals surface area contributed by atoms with E-state index in [0.717, 1.165) is 24.0 Å². The molecular formula is C12H23N5. The lowest BCUT2D eigenvalue weighted by molar-refractivity contribution is 0.517. The van der Waals surface area contributed by atoms with E-state index in [1.807, 2.05) is 52.9 Å². The van der Waals surface area contributed by atoms with Crippen molar-refractivity contribution in [1.29, 1.82) is 0 Å². The standard InChI is InChI=1S/C12H23N5/c1-9-14-10(16(4)5)7-11(15-9)17(6)8-12(2,3)13/h7H,8,13H2,1-6H3. The molecule has 17 heavy (non-hydrogen) atoms. The van der Waals surface area contributed by atoms with Crippen molar-refractivity contribution in [3.8, 4) is 0 Å². The molecule has 0 spiro atoms. The SMILES string of the molecule is Cc1nc(N(C)C)cc(N(C)CC(C)(C)N)n1. The average Bonchev–Trinajstić information content (AvgIpc) is 2.13. The number of nitrogens with two attached hydrogens (primary N) is 1. The normalized spacial score (nSPS) is 11.5. The summed E-state index contributed by atoms with van der Waals surface area (Å²) >= 11 is 0. The zero-order valence-corrected chi connectivity index (χ0v) is 11.7. The van der Waals surface area contributed by atoms with Gasteiger partial charge in [0.2, 0.25) is 0 Å². The first-order chi connectivity index (χ1) is 7.69. The van der Waals surface area contributed by atoms with E-state index in [2.05, 4.69) is 14.9 Å². The number of rotatable bonds is 4. The Morgan fingerprint density at radius 1 is 1.18 bits per heavy atom. The smallest absolute Gasteiger partial charge is 0.134 e. The van der Waals surface area contributed by atoms with E-state index >= 15 is 0 Å². The van der Waals surface area contributed by atoms with Crippen molar-refractivity contribution in [3.63, 3.8) is 0 Å². The molecule has 0 aliphatic heterocycles. The highest BCUT2D eigenvalue weighted by atomic mass is 15.2. The van der Waals surface area contributed by atoms with Crippen molar-refractivity contribution < 1.29 is 0 Å². The van der Waals surface area contributed by atoms with Crippen LogP contribution in [0.15, 0.2) is 6.07 Å². The van der Waals surface area contributed by atoms with E-state index in [4.69, 9.17) is 5.73 Å². The van der Waals surface area contributed by atoms with Crippen LogP contribution < -0.4 is 15.5 Å². The monoisotopic (exact) mass is 237 g/mol. The van der Waals surface area contributed by atoms with Gasteiger partial charge in [-0.1, -0.05) is 0 Å². The van der Waals surface area contributed by atoms with Crippen molar-refractivity contribution in [3.05, 3.63) is 11.9 Å². The van der Waals surface area contributed by atoms with Gasteiger partial charge in [-0.15, -0.1) is 0 Å². The number of aromatic nitrogens is 2. The van der Waals surface area contributed by atoms with Crippen molar-refractivity contribution in [2.75, 3.05) is 37.5 Å². The van der Waals surface area contributed by atoms with E-state index in [0.29, 0.717) is 0 Å². The molecule has 1 heterocycles. The molecule has 0 unspecified atom stereocenters. The first-order valence-corrected chi connectivity index (χ1v) is 5.72. The van der Waals surface area contributed by atoms with E-state index in [9.17, 15) is 0 Å². The lowest BCUT2D eigenvalue weighted by Gasteiger charge is -2.28. The van der Waals surface area contributed by atoms with Gasteiger partial charge in [0, 0.05) is 39.3 Å². The maximum absolute atomic E-state index is 6.01. The third kappa shape index (κ3) is 4.19. The summed E-state index contributed by atoms with van der Waals surface area (Å²) in [5.41, 5.74) is 5.77. The molecule has 0 saturated carbocycles. The van der Waals surface area contributed by atoms with Crippen LogP contribution in [0.1, 0.15) is 19.7 Å². The molecule has 1 aromatic heterocycles. The van der Waals surface area contributed by atoms with Crippen LogP contribution >= 0.6 is 0 Å². The van der Waals surface area contributed by atoms with E-state index in [1.54, 1.807) is 0 Å². The summed E-state index contributed by atoms with van der Waals surface area (Å²) < 4.78 is 0. The largest absolute Gasteiger partial charge is 0.363 e. The van der Waals surface area contributed by atoms with Crippen molar-refractivity contribution in [2.45, 2.75) is 26.3 Å². The zero-order chi connectivity index (χ0) is 13.2. The maximum Gasteiger partial charge on any atom is 0.134 e. The number of likely N-dealkylation sites (N-methyl/N-ethyl adjacent to an activating group) is 1. The number of aryl methyl sites for hydroxylation is 1. The van der Waals surface area contributed by atoms with Crippen LogP contribution in [-0.4, -0.2) is 43.2 Å². The molecule has 2 N–H and O–H groups in total. The summed E-state index contributed by atoms with van der Waals surface area (Å²) in [6, 6.07) is 1.97. The van der Waals surface area contributed by atoms with Crippen LogP contribution in [0.3, 0.4) is 0 Å². The van der Waals surface area contributed by atoms with Gasteiger partial charge in [0.25, 0.3) is 0 Å². The maximum atomic E-state index is 6.01. The summed E-state index contributed by atoms with van der Waals surface area (Å²) in [5, 5.41) is 0. The Kier molecular flexibility index (Phi) is 3.93. The fraction of sp³-hybridized carbons (Fsp3) is 0.667. The minimum atomic E-state index is -0.244. The van der Waals surface area contributed by atoms with Gasteiger partial charge in [-0.2, -0.15) is 0 Å². The molecule has 5 heteroatoms. The van der Waals surface area contributed by atoms with Crippen LogP contribution in [0.4, 0.5) is 11.6 Å². The van der Waals surface area contributed by atoms with E-state index in [-0.39, 0.29) is 5.54 Å². The first kappa shape index (κ1) is 13.7. The lowest BCUT2D eigenvalue weighted by atomic mass is 10.1. The summed E-state index contributed by atoms with van der Waals surface area (Å²) in [6.07, 6.45) is 0. The molecule has 1 aromatic rings. The number of nitrogens with zero attached hydrogens (tertiary/aromatic N) is 4. The van der Waals surface area contributed by atoms with Gasteiger partial charge in [0.15, 0.2) is 0 Å². The average molecular weight is 237 g/mol. The predicted octanol–water partition coefficient (Wildman–Crippen LogP) is 1.02. The van der Waals surface area contributed by atoms with Gasteiger partial charge in [-0.05, 0) is 20.8 Å². The Morgan fingerprint density at radius 3 is 2.18 bits per heavy atom. The van der Waals surface area contributed by atoms with Crippen LogP contribution in [0, 0.1) is 6.92 Å². The third-order valence-corrected chi connectivity index (χ3v) is 2.30. The van der Waals surface area contributed by atoms with Crippen LogP contribution in [0.2, 0.25) is 0 Å². The molecule has 0 bridgehead atoms. The molecule has 0 radical (unpaired) electrons. The molecule has 0 aliphatic rings. The third-order valence-electron chi connectivity index (χ3n) is 2.30. The Labute approximate surface area is 104 Å². The van der Waals surface area contributed by atoms with Crippen LogP contribution in [0.25, 0.3) is 0 Å². The fourth-order valence-corrected chi connectivity index (χ4v) is 1.65. The highest BCUT2D eigenvalue weighted by molar-refractivity contribution is 5.50. The molecule has 1 rings (SSSR count). The molecule has 0 atom stereocenters. The van der Waals surface area contributed by atoms with E-state index < -0.39 is 0 Å². The van der Waals surface area contributed by atoms with Gasteiger partial charge < -0.3 is 15.5 Å². The van der Waals surface area contributed by atoms with Gasteiger partial charge in [-0.25, -0.2) is 9.97 Å². The zero-order valence-electron chi connectivity index (χ0n) is 11.7. The molecule has 0 saturated heterocycles. The van der Waals surface area contributed by atoms with Crippen molar-refractivity contribution in [1.82, 2.24) is 9.97 Å². The lowest BCUT2D eigenvalue weighted by Crippen LogP contribution is -2.44. The number of anilines is 2. The molecule has 0 fully saturated rings. The predicted molar refractivity (Wildman–Crippen MR) is 72.6 cm³/mol. The van der Waals surface area contributed by atoms with Gasteiger partial charge in [0.1, 0.15) is 17.5 Å². The minimum Gasteiger partial charge on any atom is -0.363 e. The summed E-state index contributed by atoms with van der Waals surface area (Å²) in [4.78, 5) is 12.8. The Hall–Kier alpha value is -1.36. The molecule has 0 aliphatic carbocycles. The molecular weight excluding hydrogens is 214 g/mol. The highest BCUT2D eigenvalue weighted by Gasteiger charge is 2.16. The number of hydrogen-bond donors (Lipinski definition) is 1. The second-order valence-electron chi connectivity index (χ2n) is 5.37. The van der Waals surface area contributed by atoms with Gasteiger partial charge >= 0.3 is 0 Å². The Bertz CT molecular complexity index is 381. The summed E-state index contributed by atoms with van der Waals surface area (Å²) in [5.74, 6) is 2.58.